The number of esters is 4. The number of phosphoric ester groups is 2. The Morgan fingerprint density at radius 3 is 0.747 bits per heavy atom. The lowest BCUT2D eigenvalue weighted by Crippen LogP contribution is -2.30. The van der Waals surface area contributed by atoms with Crippen molar-refractivity contribution in [3.05, 3.63) is 0 Å². The van der Waals surface area contributed by atoms with Gasteiger partial charge in [-0.15, -0.1) is 0 Å². The van der Waals surface area contributed by atoms with Crippen LogP contribution < -0.4 is 0 Å². The highest BCUT2D eigenvalue weighted by atomic mass is 31.2. The summed E-state index contributed by atoms with van der Waals surface area (Å²) in [5, 5.41) is 10.6. The van der Waals surface area contributed by atoms with Crippen LogP contribution in [0, 0.1) is 23.7 Å². The first-order valence-electron chi connectivity index (χ1n) is 39.2. The Balaban J connectivity index is 5.25. The van der Waals surface area contributed by atoms with Crippen LogP contribution >= 0.6 is 15.6 Å². The first kappa shape index (κ1) is 93.1. The van der Waals surface area contributed by atoms with Gasteiger partial charge in [0.05, 0.1) is 26.4 Å². The number of rotatable bonds is 73. The molecule has 3 N–H and O–H groups in total. The number of carbonyl (C=O) groups excluding carboxylic acids is 4. The molecular weight excluding hydrogens is 1250 g/mol. The van der Waals surface area contributed by atoms with Crippen molar-refractivity contribution in [1.82, 2.24) is 0 Å². The fourth-order valence-electron chi connectivity index (χ4n) is 11.5. The van der Waals surface area contributed by atoms with Gasteiger partial charge in [0.15, 0.2) is 12.2 Å². The Hall–Kier alpha value is -1.94. The van der Waals surface area contributed by atoms with Crippen molar-refractivity contribution in [2.24, 2.45) is 23.7 Å². The van der Waals surface area contributed by atoms with Gasteiger partial charge in [0.25, 0.3) is 0 Å². The summed E-state index contributed by atoms with van der Waals surface area (Å²) in [5.41, 5.74) is 0. The van der Waals surface area contributed by atoms with Crippen molar-refractivity contribution >= 4 is 39.5 Å². The molecule has 0 aromatic carbocycles. The third-order valence-corrected chi connectivity index (χ3v) is 19.8. The van der Waals surface area contributed by atoms with Crippen molar-refractivity contribution in [3.63, 3.8) is 0 Å². The minimum Gasteiger partial charge on any atom is -0.462 e. The highest BCUT2D eigenvalue weighted by Crippen LogP contribution is 2.45. The van der Waals surface area contributed by atoms with Crippen molar-refractivity contribution in [2.45, 2.75) is 401 Å². The summed E-state index contributed by atoms with van der Waals surface area (Å²) >= 11 is 0. The molecule has 0 aliphatic carbocycles. The van der Waals surface area contributed by atoms with Gasteiger partial charge in [-0.3, -0.25) is 37.3 Å². The van der Waals surface area contributed by atoms with Crippen molar-refractivity contribution < 1.29 is 80.2 Å². The Bertz CT molecular complexity index is 1870. The maximum absolute atomic E-state index is 13.1. The van der Waals surface area contributed by atoms with Crippen LogP contribution in [0.1, 0.15) is 383 Å². The number of unbranched alkanes of at least 4 members (excludes halogenated alkanes) is 38. The zero-order valence-electron chi connectivity index (χ0n) is 62.3. The molecular formula is C76H148O17P2. The van der Waals surface area contributed by atoms with Gasteiger partial charge in [-0.05, 0) is 49.4 Å². The fourth-order valence-corrected chi connectivity index (χ4v) is 13.1. The average molecular weight is 1400 g/mol. The Labute approximate surface area is 581 Å². The largest absolute Gasteiger partial charge is 0.472 e. The van der Waals surface area contributed by atoms with Gasteiger partial charge in [0, 0.05) is 25.7 Å². The Morgan fingerprint density at radius 2 is 0.505 bits per heavy atom. The lowest BCUT2D eigenvalue weighted by atomic mass is 10.00. The van der Waals surface area contributed by atoms with Gasteiger partial charge in [0.1, 0.15) is 19.3 Å². The molecule has 0 aromatic heterocycles. The van der Waals surface area contributed by atoms with E-state index in [1.807, 2.05) is 0 Å². The lowest BCUT2D eigenvalue weighted by Gasteiger charge is -2.21. The van der Waals surface area contributed by atoms with Crippen LogP contribution in [0.15, 0.2) is 0 Å². The second kappa shape index (κ2) is 65.4. The van der Waals surface area contributed by atoms with E-state index >= 15 is 0 Å². The molecule has 0 heterocycles. The predicted molar refractivity (Wildman–Crippen MR) is 386 cm³/mol. The number of hydrogen-bond acceptors (Lipinski definition) is 15. The normalized spacial score (nSPS) is 14.4. The predicted octanol–water partition coefficient (Wildman–Crippen LogP) is 22.0. The summed E-state index contributed by atoms with van der Waals surface area (Å²) in [7, 11) is -9.91. The van der Waals surface area contributed by atoms with Crippen LogP contribution in [0.5, 0.6) is 0 Å². The van der Waals surface area contributed by atoms with Crippen LogP contribution in [0.2, 0.25) is 0 Å². The lowest BCUT2D eigenvalue weighted by molar-refractivity contribution is -0.161. The van der Waals surface area contributed by atoms with E-state index in [-0.39, 0.29) is 25.7 Å². The SMILES string of the molecule is CCC(C)CCCCCCCCC(=O)OC[C@H](COP(=O)(O)OC[C@H](O)COP(=O)(O)OC[C@@H](COC(=O)CCCCCCCCCCCCCC(C)C)OC(=O)CCCCCCCCCCCCCC(C)C)OC(=O)CCCCCCCCCCCCCCCCC(C)C. The van der Waals surface area contributed by atoms with Gasteiger partial charge in [-0.25, -0.2) is 9.13 Å². The quantitative estimate of drug-likeness (QED) is 0.0222. The maximum Gasteiger partial charge on any atom is 0.472 e. The van der Waals surface area contributed by atoms with E-state index in [2.05, 4.69) is 55.4 Å². The Morgan fingerprint density at radius 1 is 0.295 bits per heavy atom. The minimum atomic E-state index is -4.96. The van der Waals surface area contributed by atoms with E-state index in [9.17, 15) is 43.2 Å². The smallest absolute Gasteiger partial charge is 0.462 e. The van der Waals surface area contributed by atoms with E-state index in [4.69, 9.17) is 37.0 Å². The molecule has 0 saturated carbocycles. The summed E-state index contributed by atoms with van der Waals surface area (Å²) in [4.78, 5) is 72.8. The van der Waals surface area contributed by atoms with Gasteiger partial charge < -0.3 is 33.8 Å². The summed E-state index contributed by atoms with van der Waals surface area (Å²) < 4.78 is 68.5. The van der Waals surface area contributed by atoms with Crippen molar-refractivity contribution in [2.75, 3.05) is 39.6 Å². The van der Waals surface area contributed by atoms with Gasteiger partial charge in [0.2, 0.25) is 0 Å². The molecule has 0 spiro atoms. The number of aliphatic hydroxyl groups is 1. The molecule has 0 bridgehead atoms. The van der Waals surface area contributed by atoms with E-state index < -0.39 is 97.5 Å². The molecule has 564 valence electrons. The van der Waals surface area contributed by atoms with Crippen LogP contribution in [0.25, 0.3) is 0 Å². The topological polar surface area (TPSA) is 237 Å². The molecule has 0 aliphatic heterocycles. The molecule has 0 aromatic rings. The number of hydrogen-bond donors (Lipinski definition) is 3. The highest BCUT2D eigenvalue weighted by Gasteiger charge is 2.30. The van der Waals surface area contributed by atoms with Gasteiger partial charge >= 0.3 is 39.5 Å². The number of carbonyl (C=O) groups is 4. The monoisotopic (exact) mass is 1400 g/mol. The van der Waals surface area contributed by atoms with Crippen molar-refractivity contribution in [1.29, 1.82) is 0 Å². The molecule has 0 radical (unpaired) electrons. The number of phosphoric acid groups is 2. The van der Waals surface area contributed by atoms with Crippen molar-refractivity contribution in [3.8, 4) is 0 Å². The fraction of sp³-hybridized carbons (Fsp3) is 0.947. The number of aliphatic hydroxyl groups excluding tert-OH is 1. The van der Waals surface area contributed by atoms with E-state index in [1.54, 1.807) is 0 Å². The molecule has 17 nitrogen and oxygen atoms in total. The maximum atomic E-state index is 13.1. The first-order chi connectivity index (χ1) is 45.6. The van der Waals surface area contributed by atoms with Crippen LogP contribution in [-0.4, -0.2) is 96.7 Å². The summed E-state index contributed by atoms with van der Waals surface area (Å²) in [6.07, 6.45) is 49.9. The second-order valence-corrected chi connectivity index (χ2v) is 32.0. The molecule has 6 atom stereocenters. The van der Waals surface area contributed by atoms with E-state index in [1.165, 1.54) is 180 Å². The molecule has 19 heteroatoms. The first-order valence-corrected chi connectivity index (χ1v) is 42.2. The standard InChI is InChI=1S/C76H148O17P2/c1-9-69(8)55-47-39-34-35-41-49-57-74(79)87-63-72(93-75(80)58-50-42-32-26-19-13-11-10-12-16-22-28-36-44-52-66(2)3)65-91-95(84,85)89-61-70(77)60-88-94(82,83)90-64-71(92-76(81)59-51-43-33-27-21-15-18-24-30-38-46-54-68(6)7)62-86-73(78)56-48-40-31-25-20-14-17-23-29-37-45-53-67(4)5/h66-72,77H,9-65H2,1-8H3,(H,82,83)(H,84,85)/t69?,70-,71-,72-/m1/s1. The second-order valence-electron chi connectivity index (χ2n) is 29.1. The molecule has 0 saturated heterocycles. The van der Waals surface area contributed by atoms with Gasteiger partial charge in [-0.1, -0.05) is 331 Å². The zero-order valence-corrected chi connectivity index (χ0v) is 64.1. The van der Waals surface area contributed by atoms with Gasteiger partial charge in [-0.2, -0.15) is 0 Å². The summed E-state index contributed by atoms with van der Waals surface area (Å²) in [5.74, 6) is 0.941. The van der Waals surface area contributed by atoms with E-state index in [0.717, 1.165) is 120 Å². The summed E-state index contributed by atoms with van der Waals surface area (Å²) in [6, 6.07) is 0. The average Bonchev–Trinajstić information content (AvgIpc) is 1.25. The molecule has 3 unspecified atom stereocenters. The third kappa shape index (κ3) is 69.0. The molecule has 0 amide bonds. The zero-order chi connectivity index (χ0) is 70.3. The van der Waals surface area contributed by atoms with E-state index in [0.29, 0.717) is 25.7 Å². The molecule has 0 aliphatic rings. The highest BCUT2D eigenvalue weighted by molar-refractivity contribution is 7.47. The third-order valence-electron chi connectivity index (χ3n) is 17.9. The Kier molecular flexibility index (Phi) is 64.0. The molecule has 0 rings (SSSR count). The molecule has 0 fully saturated rings. The molecule has 95 heavy (non-hydrogen) atoms. The van der Waals surface area contributed by atoms with Crippen LogP contribution in [-0.2, 0) is 65.4 Å². The number of ether oxygens (including phenoxy) is 4. The van der Waals surface area contributed by atoms with Crippen LogP contribution in [0.4, 0.5) is 0 Å². The van der Waals surface area contributed by atoms with Crippen LogP contribution in [0.3, 0.4) is 0 Å². The minimum absolute atomic E-state index is 0.106. The summed E-state index contributed by atoms with van der Waals surface area (Å²) in [6.45, 7) is 14.2.